The molecule has 5 heteroatoms. The molecule has 0 aliphatic carbocycles. The van der Waals surface area contributed by atoms with Crippen LogP contribution < -0.4 is 5.32 Å². The van der Waals surface area contributed by atoms with Crippen molar-refractivity contribution in [2.24, 2.45) is 0 Å². The van der Waals surface area contributed by atoms with Gasteiger partial charge in [0.2, 0.25) is 0 Å². The Morgan fingerprint density at radius 1 is 1.50 bits per heavy atom. The summed E-state index contributed by atoms with van der Waals surface area (Å²) in [6.45, 7) is 3.26. The largest absolute Gasteiger partial charge is 0.450 e. The summed E-state index contributed by atoms with van der Waals surface area (Å²) in [5.74, 6) is 0.789. The van der Waals surface area contributed by atoms with E-state index in [0.717, 1.165) is 25.2 Å². The quantitative estimate of drug-likeness (QED) is 0.455. The van der Waals surface area contributed by atoms with Crippen LogP contribution in [0.2, 0.25) is 0 Å². The lowest BCUT2D eigenvalue weighted by Gasteiger charge is -2.16. The molecular formula is C15H21NO3S. The van der Waals surface area contributed by atoms with Crippen molar-refractivity contribution in [2.45, 2.75) is 36.8 Å². The number of epoxide rings is 1. The Balaban J connectivity index is 1.74. The summed E-state index contributed by atoms with van der Waals surface area (Å²) >= 11 is 1.72. The molecular weight excluding hydrogens is 274 g/mol. The minimum absolute atomic E-state index is 0.00864. The monoisotopic (exact) mass is 295 g/mol. The maximum absolute atomic E-state index is 11.7. The van der Waals surface area contributed by atoms with E-state index in [1.165, 1.54) is 4.90 Å². The highest BCUT2D eigenvalue weighted by atomic mass is 32.2. The van der Waals surface area contributed by atoms with Gasteiger partial charge in [-0.1, -0.05) is 31.5 Å². The van der Waals surface area contributed by atoms with Crippen LogP contribution in [0.1, 0.15) is 19.8 Å². The van der Waals surface area contributed by atoms with Crippen LogP contribution in [-0.2, 0) is 9.47 Å². The van der Waals surface area contributed by atoms with Crippen molar-refractivity contribution in [1.82, 2.24) is 5.32 Å². The molecule has 0 radical (unpaired) electrons. The SMILES string of the molecule is CCCCOC(=O)N[C@@H](CSc1ccccc1)[C@H]1CO1. The van der Waals surface area contributed by atoms with Gasteiger partial charge in [-0.05, 0) is 18.6 Å². The number of ether oxygens (including phenoxy) is 2. The smallest absolute Gasteiger partial charge is 0.407 e. The third-order valence-corrected chi connectivity index (χ3v) is 4.15. The van der Waals surface area contributed by atoms with E-state index >= 15 is 0 Å². The number of carbonyl (C=O) groups excluding carboxylic acids is 1. The number of hydrogen-bond acceptors (Lipinski definition) is 4. The first kappa shape index (κ1) is 15.2. The second-order valence-electron chi connectivity index (χ2n) is 4.74. The minimum Gasteiger partial charge on any atom is -0.450 e. The number of carbonyl (C=O) groups is 1. The Morgan fingerprint density at radius 2 is 2.25 bits per heavy atom. The van der Waals surface area contributed by atoms with Gasteiger partial charge >= 0.3 is 6.09 Å². The van der Waals surface area contributed by atoms with Crippen molar-refractivity contribution in [2.75, 3.05) is 19.0 Å². The van der Waals surface area contributed by atoms with Gasteiger partial charge in [-0.3, -0.25) is 0 Å². The zero-order valence-electron chi connectivity index (χ0n) is 11.7. The van der Waals surface area contributed by atoms with Crippen molar-refractivity contribution < 1.29 is 14.3 Å². The van der Waals surface area contributed by atoms with Crippen LogP contribution in [0.15, 0.2) is 35.2 Å². The van der Waals surface area contributed by atoms with E-state index in [2.05, 4.69) is 24.4 Å². The Morgan fingerprint density at radius 3 is 2.90 bits per heavy atom. The van der Waals surface area contributed by atoms with Gasteiger partial charge in [0.05, 0.1) is 19.3 Å². The van der Waals surface area contributed by atoms with Crippen molar-refractivity contribution >= 4 is 17.9 Å². The Bertz CT molecular complexity index is 409. The molecule has 1 heterocycles. The summed E-state index contributed by atoms with van der Waals surface area (Å²) in [6, 6.07) is 10.2. The Labute approximate surface area is 124 Å². The second-order valence-corrected chi connectivity index (χ2v) is 5.83. The van der Waals surface area contributed by atoms with E-state index < -0.39 is 0 Å². The van der Waals surface area contributed by atoms with Gasteiger partial charge < -0.3 is 14.8 Å². The molecule has 20 heavy (non-hydrogen) atoms. The topological polar surface area (TPSA) is 50.9 Å². The summed E-state index contributed by atoms with van der Waals surface area (Å²) in [5.41, 5.74) is 0. The number of thioether (sulfide) groups is 1. The fourth-order valence-electron chi connectivity index (χ4n) is 1.73. The van der Waals surface area contributed by atoms with Gasteiger partial charge in [-0.2, -0.15) is 0 Å². The zero-order valence-corrected chi connectivity index (χ0v) is 12.5. The molecule has 1 fully saturated rings. The zero-order chi connectivity index (χ0) is 14.2. The van der Waals surface area contributed by atoms with Crippen molar-refractivity contribution in [1.29, 1.82) is 0 Å². The van der Waals surface area contributed by atoms with E-state index in [4.69, 9.17) is 9.47 Å². The molecule has 2 rings (SSSR count). The number of amides is 1. The summed E-state index contributed by atoms with van der Waals surface area (Å²) in [4.78, 5) is 12.9. The van der Waals surface area contributed by atoms with Crippen LogP contribution in [-0.4, -0.2) is 37.2 Å². The minimum atomic E-state index is -0.340. The molecule has 0 bridgehead atoms. The van der Waals surface area contributed by atoms with Gasteiger partial charge in [0.15, 0.2) is 0 Å². The lowest BCUT2D eigenvalue weighted by atomic mass is 10.2. The lowest BCUT2D eigenvalue weighted by molar-refractivity contribution is 0.139. The summed E-state index contributed by atoms with van der Waals surface area (Å²) in [6.07, 6.45) is 1.71. The number of hydrogen-bond donors (Lipinski definition) is 1. The highest BCUT2D eigenvalue weighted by molar-refractivity contribution is 7.99. The van der Waals surface area contributed by atoms with Crippen LogP contribution in [0.3, 0.4) is 0 Å². The highest BCUT2D eigenvalue weighted by Gasteiger charge is 2.34. The van der Waals surface area contributed by atoms with Gasteiger partial charge in [-0.15, -0.1) is 11.8 Å². The average Bonchev–Trinajstić information content (AvgIpc) is 3.29. The molecule has 0 spiro atoms. The summed E-state index contributed by atoms with van der Waals surface area (Å²) in [7, 11) is 0. The number of unbranched alkanes of at least 4 members (excludes halogenated alkanes) is 1. The number of benzene rings is 1. The van der Waals surface area contributed by atoms with Crippen LogP contribution in [0.5, 0.6) is 0 Å². The van der Waals surface area contributed by atoms with Crippen LogP contribution in [0, 0.1) is 0 Å². The van der Waals surface area contributed by atoms with E-state index in [1.807, 2.05) is 18.2 Å². The first-order valence-corrected chi connectivity index (χ1v) is 8.01. The Kier molecular flexibility index (Phi) is 6.21. The standard InChI is InChI=1S/C15H21NO3S/c1-2-3-9-18-15(17)16-13(14-10-19-14)11-20-12-7-5-4-6-8-12/h4-8,13-14H,2-3,9-11H2,1H3,(H,16,17)/t13-,14+/m0/s1. The van der Waals surface area contributed by atoms with Crippen LogP contribution in [0.4, 0.5) is 4.79 Å². The molecule has 1 saturated heterocycles. The first-order chi connectivity index (χ1) is 9.79. The van der Waals surface area contributed by atoms with Crippen LogP contribution in [0.25, 0.3) is 0 Å². The molecule has 110 valence electrons. The van der Waals surface area contributed by atoms with Gasteiger partial charge in [-0.25, -0.2) is 4.79 Å². The van der Waals surface area contributed by atoms with Gasteiger partial charge in [0.1, 0.15) is 6.10 Å². The highest BCUT2D eigenvalue weighted by Crippen LogP contribution is 2.23. The lowest BCUT2D eigenvalue weighted by Crippen LogP contribution is -2.41. The number of nitrogens with one attached hydrogen (secondary N) is 1. The molecule has 2 atom stereocenters. The molecule has 1 aliphatic heterocycles. The average molecular weight is 295 g/mol. The third-order valence-electron chi connectivity index (χ3n) is 3.01. The second kappa shape index (κ2) is 8.17. The normalized spacial score (nSPS) is 18.4. The molecule has 4 nitrogen and oxygen atoms in total. The van der Waals surface area contributed by atoms with E-state index in [-0.39, 0.29) is 18.2 Å². The van der Waals surface area contributed by atoms with Gasteiger partial charge in [0.25, 0.3) is 0 Å². The summed E-state index contributed by atoms with van der Waals surface area (Å²) in [5, 5.41) is 2.90. The predicted molar refractivity (Wildman–Crippen MR) is 80.1 cm³/mol. The van der Waals surface area contributed by atoms with E-state index in [0.29, 0.717) is 6.61 Å². The fraction of sp³-hybridized carbons (Fsp3) is 0.533. The summed E-state index contributed by atoms with van der Waals surface area (Å²) < 4.78 is 10.4. The molecule has 1 amide bonds. The fourth-order valence-corrected chi connectivity index (χ4v) is 2.75. The maximum Gasteiger partial charge on any atom is 0.407 e. The molecule has 1 N–H and O–H groups in total. The number of alkyl carbamates (subject to hydrolysis) is 1. The first-order valence-electron chi connectivity index (χ1n) is 7.02. The van der Waals surface area contributed by atoms with Crippen molar-refractivity contribution in [3.05, 3.63) is 30.3 Å². The Hall–Kier alpha value is -1.20. The van der Waals surface area contributed by atoms with Crippen molar-refractivity contribution in [3.63, 3.8) is 0 Å². The number of rotatable bonds is 8. The molecule has 1 aromatic rings. The predicted octanol–water partition coefficient (Wildman–Crippen LogP) is 3.07. The van der Waals surface area contributed by atoms with Crippen molar-refractivity contribution in [3.8, 4) is 0 Å². The maximum atomic E-state index is 11.7. The van der Waals surface area contributed by atoms with E-state index in [9.17, 15) is 4.79 Å². The molecule has 0 aromatic heterocycles. The molecule has 1 aromatic carbocycles. The van der Waals surface area contributed by atoms with Crippen LogP contribution >= 0.6 is 11.8 Å². The van der Waals surface area contributed by atoms with Gasteiger partial charge in [0, 0.05) is 10.6 Å². The molecule has 0 unspecified atom stereocenters. The molecule has 1 aliphatic rings. The molecule has 0 saturated carbocycles. The third kappa shape index (κ3) is 5.43. The van der Waals surface area contributed by atoms with E-state index in [1.54, 1.807) is 11.8 Å².